The third-order valence-electron chi connectivity index (χ3n) is 6.17. The van der Waals surface area contributed by atoms with Crippen molar-refractivity contribution in [2.24, 2.45) is 11.8 Å². The molecule has 0 unspecified atom stereocenters. The van der Waals surface area contributed by atoms with Crippen molar-refractivity contribution < 1.29 is 19.5 Å². The van der Waals surface area contributed by atoms with Crippen LogP contribution in [0.4, 0.5) is 0 Å². The first-order chi connectivity index (χ1) is 15.8. The molecule has 0 saturated carbocycles. The van der Waals surface area contributed by atoms with Gasteiger partial charge in [-0.2, -0.15) is 0 Å². The predicted molar refractivity (Wildman–Crippen MR) is 131 cm³/mol. The normalized spacial score (nSPS) is 14.8. The number of carbonyl (C=O) groups is 1. The zero-order valence-corrected chi connectivity index (χ0v) is 20.3. The lowest BCUT2D eigenvalue weighted by Crippen LogP contribution is -3.11. The molecule has 2 aromatic carbocycles. The minimum absolute atomic E-state index is 0.0598. The van der Waals surface area contributed by atoms with Crippen LogP contribution in [0.15, 0.2) is 48.4 Å². The third-order valence-corrected chi connectivity index (χ3v) is 6.17. The number of ether oxygens (including phenoxy) is 1. The van der Waals surface area contributed by atoms with E-state index in [2.05, 4.69) is 51.3 Å². The number of rotatable bonds is 8. The van der Waals surface area contributed by atoms with Gasteiger partial charge < -0.3 is 19.3 Å². The number of quaternary nitrogens is 1. The molecule has 1 aliphatic heterocycles. The molecule has 0 radical (unpaired) electrons. The number of hydrogen-bond donors (Lipinski definition) is 1. The minimum atomic E-state index is -0.158. The van der Waals surface area contributed by atoms with Crippen LogP contribution >= 0.6 is 0 Å². The van der Waals surface area contributed by atoms with Gasteiger partial charge in [-0.3, -0.25) is 4.79 Å². The largest absolute Gasteiger partial charge is 0.872 e. The Kier molecular flexibility index (Phi) is 6.61. The fourth-order valence-corrected chi connectivity index (χ4v) is 4.88. The van der Waals surface area contributed by atoms with Gasteiger partial charge in [0.05, 0.1) is 18.7 Å². The summed E-state index contributed by atoms with van der Waals surface area (Å²) in [6.45, 7) is 14.2. The zero-order valence-electron chi connectivity index (χ0n) is 20.3. The molecular formula is C28H34N2O3. The third kappa shape index (κ3) is 4.69. The maximum absolute atomic E-state index is 13.2. The Hall–Kier alpha value is -3.05. The van der Waals surface area contributed by atoms with Crippen LogP contribution in [0.5, 0.6) is 11.5 Å². The summed E-state index contributed by atoms with van der Waals surface area (Å²) in [6, 6.07) is 11.3. The Morgan fingerprint density at radius 2 is 1.76 bits per heavy atom. The number of ketones is 1. The zero-order chi connectivity index (χ0) is 23.7. The SMILES string of the molecule is CCn1cc(C=C2Oc3c(ccc([O-])c3C[NH+](CC(C)C)CC(C)C)C2=O)c2ccccc21. The summed E-state index contributed by atoms with van der Waals surface area (Å²) in [5.74, 6) is 1.54. The molecule has 3 aromatic rings. The number of nitrogens with one attached hydrogen (secondary N) is 1. The molecule has 5 nitrogen and oxygen atoms in total. The van der Waals surface area contributed by atoms with E-state index in [1.807, 2.05) is 24.4 Å². The topological polar surface area (TPSA) is 58.7 Å². The highest BCUT2D eigenvalue weighted by atomic mass is 16.5. The number of aryl methyl sites for hydroxylation is 1. The first kappa shape index (κ1) is 23.1. The lowest BCUT2D eigenvalue weighted by Gasteiger charge is -2.26. The maximum Gasteiger partial charge on any atom is 0.231 e. The van der Waals surface area contributed by atoms with Gasteiger partial charge in [0.25, 0.3) is 0 Å². The second-order valence-electron chi connectivity index (χ2n) is 9.87. The summed E-state index contributed by atoms with van der Waals surface area (Å²) in [6.07, 6.45) is 3.87. The Morgan fingerprint density at radius 3 is 2.42 bits per heavy atom. The van der Waals surface area contributed by atoms with E-state index in [4.69, 9.17) is 4.74 Å². The van der Waals surface area contributed by atoms with Crippen LogP contribution in [0.3, 0.4) is 0 Å². The molecule has 174 valence electrons. The Bertz CT molecular complexity index is 1190. The quantitative estimate of drug-likeness (QED) is 0.531. The maximum atomic E-state index is 13.2. The van der Waals surface area contributed by atoms with Crippen molar-refractivity contribution in [3.8, 4) is 11.5 Å². The summed E-state index contributed by atoms with van der Waals surface area (Å²) in [5, 5.41) is 13.9. The smallest absolute Gasteiger partial charge is 0.231 e. The van der Waals surface area contributed by atoms with Gasteiger partial charge in [0.1, 0.15) is 12.3 Å². The monoisotopic (exact) mass is 446 g/mol. The van der Waals surface area contributed by atoms with Gasteiger partial charge in [-0.25, -0.2) is 0 Å². The average molecular weight is 447 g/mol. The molecule has 1 aromatic heterocycles. The van der Waals surface area contributed by atoms with Gasteiger partial charge in [0.15, 0.2) is 5.76 Å². The van der Waals surface area contributed by atoms with Crippen molar-refractivity contribution in [3.05, 3.63) is 65.0 Å². The molecule has 5 heteroatoms. The standard InChI is InChI=1S/C28H34N2O3/c1-6-30-16-20(21-9-7-8-10-24(21)30)13-26-27(32)22-11-12-25(31)23(28(22)33-26)17-29(14-18(2)3)15-19(4)5/h7-13,16,18-19,31H,6,14-15,17H2,1-5H3. The molecule has 2 heterocycles. The van der Waals surface area contributed by atoms with Gasteiger partial charge in [0.2, 0.25) is 5.78 Å². The Labute approximate surface area is 196 Å². The molecule has 33 heavy (non-hydrogen) atoms. The molecule has 0 bridgehead atoms. The number of fused-ring (bicyclic) bond motifs is 2. The summed E-state index contributed by atoms with van der Waals surface area (Å²) < 4.78 is 8.29. The molecule has 0 atom stereocenters. The predicted octanol–water partition coefficient (Wildman–Crippen LogP) is 4.05. The van der Waals surface area contributed by atoms with Gasteiger partial charge in [-0.05, 0) is 25.1 Å². The van der Waals surface area contributed by atoms with E-state index < -0.39 is 0 Å². The van der Waals surface area contributed by atoms with Crippen molar-refractivity contribution in [2.75, 3.05) is 13.1 Å². The number of aromatic nitrogens is 1. The number of nitrogens with zero attached hydrogens (tertiary/aromatic N) is 1. The molecule has 1 N–H and O–H groups in total. The lowest BCUT2D eigenvalue weighted by atomic mass is 10.0. The van der Waals surface area contributed by atoms with Crippen molar-refractivity contribution in [2.45, 2.75) is 47.7 Å². The lowest BCUT2D eigenvalue weighted by molar-refractivity contribution is -0.919. The van der Waals surface area contributed by atoms with E-state index >= 15 is 0 Å². The van der Waals surface area contributed by atoms with E-state index in [-0.39, 0.29) is 17.3 Å². The first-order valence-corrected chi connectivity index (χ1v) is 12.0. The summed E-state index contributed by atoms with van der Waals surface area (Å²) in [7, 11) is 0. The van der Waals surface area contributed by atoms with Gasteiger partial charge in [-0.1, -0.05) is 57.7 Å². The fourth-order valence-electron chi connectivity index (χ4n) is 4.88. The first-order valence-electron chi connectivity index (χ1n) is 12.0. The van der Waals surface area contributed by atoms with Crippen LogP contribution in [0, 0.1) is 11.8 Å². The summed E-state index contributed by atoms with van der Waals surface area (Å²) >= 11 is 0. The molecule has 0 fully saturated rings. The summed E-state index contributed by atoms with van der Waals surface area (Å²) in [5.41, 5.74) is 3.17. The second kappa shape index (κ2) is 9.44. The van der Waals surface area contributed by atoms with Gasteiger partial charge in [-0.15, -0.1) is 0 Å². The number of benzene rings is 2. The average Bonchev–Trinajstić information content (AvgIpc) is 3.27. The van der Waals surface area contributed by atoms with Crippen molar-refractivity contribution in [1.82, 2.24) is 4.57 Å². The molecule has 0 aliphatic carbocycles. The molecule has 0 spiro atoms. The number of hydrogen-bond acceptors (Lipinski definition) is 3. The van der Waals surface area contributed by atoms with E-state index in [9.17, 15) is 9.90 Å². The van der Waals surface area contributed by atoms with Gasteiger partial charge in [0, 0.05) is 46.6 Å². The number of Topliss-reactive ketones (excluding diaryl/α,β-unsaturated/α-hetero) is 1. The highest BCUT2D eigenvalue weighted by molar-refractivity contribution is 6.15. The fraction of sp³-hybridized carbons (Fsp3) is 0.393. The Balaban J connectivity index is 1.70. The molecule has 1 aliphatic rings. The summed E-state index contributed by atoms with van der Waals surface area (Å²) in [4.78, 5) is 14.5. The van der Waals surface area contributed by atoms with Crippen molar-refractivity contribution >= 4 is 22.8 Å². The molecule has 0 amide bonds. The van der Waals surface area contributed by atoms with Crippen LogP contribution in [0.25, 0.3) is 17.0 Å². The van der Waals surface area contributed by atoms with Crippen molar-refractivity contribution in [3.63, 3.8) is 0 Å². The van der Waals surface area contributed by atoms with E-state index in [1.165, 1.54) is 11.0 Å². The highest BCUT2D eigenvalue weighted by Gasteiger charge is 2.31. The van der Waals surface area contributed by atoms with E-state index in [0.29, 0.717) is 35.3 Å². The van der Waals surface area contributed by atoms with Crippen LogP contribution < -0.4 is 14.7 Å². The molecule has 0 saturated heterocycles. The van der Waals surface area contributed by atoms with E-state index in [0.717, 1.165) is 36.1 Å². The van der Waals surface area contributed by atoms with Gasteiger partial charge >= 0.3 is 0 Å². The van der Waals surface area contributed by atoms with Crippen LogP contribution in [0.1, 0.15) is 56.1 Å². The number of allylic oxidation sites excluding steroid dienone is 1. The van der Waals surface area contributed by atoms with Crippen LogP contribution in [0.2, 0.25) is 0 Å². The Morgan fingerprint density at radius 1 is 1.06 bits per heavy atom. The van der Waals surface area contributed by atoms with Crippen LogP contribution in [-0.4, -0.2) is 23.4 Å². The van der Waals surface area contributed by atoms with E-state index in [1.54, 1.807) is 6.07 Å². The molecule has 4 rings (SSSR count). The number of para-hydroxylation sites is 1. The van der Waals surface area contributed by atoms with Crippen LogP contribution in [-0.2, 0) is 13.1 Å². The minimum Gasteiger partial charge on any atom is -0.872 e. The second-order valence-corrected chi connectivity index (χ2v) is 9.87. The van der Waals surface area contributed by atoms with Crippen molar-refractivity contribution in [1.29, 1.82) is 0 Å². The number of carbonyl (C=O) groups excluding carboxylic acids is 1. The molecular weight excluding hydrogens is 412 g/mol. The highest BCUT2D eigenvalue weighted by Crippen LogP contribution is 2.39.